The van der Waals surface area contributed by atoms with Gasteiger partial charge < -0.3 is 10.2 Å². The summed E-state index contributed by atoms with van der Waals surface area (Å²) in [6.45, 7) is 2.06. The van der Waals surface area contributed by atoms with Crippen molar-refractivity contribution in [3.05, 3.63) is 23.8 Å². The minimum Gasteiger partial charge on any atom is -0.503 e. The average molecular weight is 194 g/mol. The molecule has 0 radical (unpaired) electrons. The molecule has 1 aromatic carbocycles. The SMILES string of the molecule is CCc1cccc2c(O)c(O)sc12. The van der Waals surface area contributed by atoms with E-state index in [0.29, 0.717) is 0 Å². The monoisotopic (exact) mass is 194 g/mol. The molecule has 2 nitrogen and oxygen atoms in total. The predicted molar refractivity (Wildman–Crippen MR) is 54.5 cm³/mol. The lowest BCUT2D eigenvalue weighted by atomic mass is 10.1. The van der Waals surface area contributed by atoms with Crippen LogP contribution in [0.5, 0.6) is 10.8 Å². The van der Waals surface area contributed by atoms with Crippen LogP contribution in [0.15, 0.2) is 18.2 Å². The van der Waals surface area contributed by atoms with Gasteiger partial charge in [-0.15, -0.1) is 0 Å². The summed E-state index contributed by atoms with van der Waals surface area (Å²) in [7, 11) is 0. The zero-order valence-electron chi connectivity index (χ0n) is 7.24. The van der Waals surface area contributed by atoms with Gasteiger partial charge in [-0.1, -0.05) is 30.4 Å². The van der Waals surface area contributed by atoms with Crippen LogP contribution < -0.4 is 0 Å². The first kappa shape index (κ1) is 8.38. The third-order valence-corrected chi connectivity index (χ3v) is 3.21. The van der Waals surface area contributed by atoms with Crippen molar-refractivity contribution in [2.24, 2.45) is 0 Å². The quantitative estimate of drug-likeness (QED) is 0.732. The average Bonchev–Trinajstić information content (AvgIpc) is 2.43. The van der Waals surface area contributed by atoms with Crippen LogP contribution in [-0.4, -0.2) is 10.2 Å². The molecule has 68 valence electrons. The van der Waals surface area contributed by atoms with Crippen molar-refractivity contribution in [1.29, 1.82) is 0 Å². The van der Waals surface area contributed by atoms with Crippen molar-refractivity contribution in [2.45, 2.75) is 13.3 Å². The summed E-state index contributed by atoms with van der Waals surface area (Å²) in [6, 6.07) is 5.73. The normalized spacial score (nSPS) is 10.8. The van der Waals surface area contributed by atoms with E-state index in [2.05, 4.69) is 6.92 Å². The number of hydrogen-bond donors (Lipinski definition) is 2. The van der Waals surface area contributed by atoms with Crippen molar-refractivity contribution in [3.8, 4) is 10.8 Å². The standard InChI is InChI=1S/C10H10O2S/c1-2-6-4-3-5-7-8(11)10(12)13-9(6)7/h3-5,11-12H,2H2,1H3. The van der Waals surface area contributed by atoms with Gasteiger partial charge in [0.2, 0.25) is 5.06 Å². The van der Waals surface area contributed by atoms with Gasteiger partial charge in [0.15, 0.2) is 5.75 Å². The Labute approximate surface area is 80.1 Å². The highest BCUT2D eigenvalue weighted by atomic mass is 32.1. The highest BCUT2D eigenvalue weighted by Crippen LogP contribution is 2.43. The lowest BCUT2D eigenvalue weighted by Gasteiger charge is -1.96. The van der Waals surface area contributed by atoms with Gasteiger partial charge in [-0.2, -0.15) is 0 Å². The Morgan fingerprint density at radius 2 is 2.08 bits per heavy atom. The Balaban J connectivity index is 2.84. The molecule has 0 unspecified atom stereocenters. The van der Waals surface area contributed by atoms with Crippen LogP contribution in [0.25, 0.3) is 10.1 Å². The summed E-state index contributed by atoms with van der Waals surface area (Å²) in [5, 5.41) is 19.6. The predicted octanol–water partition coefficient (Wildman–Crippen LogP) is 2.87. The van der Waals surface area contributed by atoms with Crippen molar-refractivity contribution in [1.82, 2.24) is 0 Å². The number of thiophene rings is 1. The van der Waals surface area contributed by atoms with Gasteiger partial charge >= 0.3 is 0 Å². The maximum atomic E-state index is 9.48. The summed E-state index contributed by atoms with van der Waals surface area (Å²) in [6.07, 6.45) is 0.913. The first-order chi connectivity index (χ1) is 6.24. The zero-order valence-corrected chi connectivity index (χ0v) is 8.06. The third kappa shape index (κ3) is 1.16. The van der Waals surface area contributed by atoms with Crippen molar-refractivity contribution < 1.29 is 10.2 Å². The zero-order chi connectivity index (χ0) is 9.42. The van der Waals surface area contributed by atoms with Crippen LogP contribution in [0.2, 0.25) is 0 Å². The van der Waals surface area contributed by atoms with E-state index in [1.807, 2.05) is 18.2 Å². The van der Waals surface area contributed by atoms with E-state index in [-0.39, 0.29) is 10.8 Å². The molecule has 0 bridgehead atoms. The largest absolute Gasteiger partial charge is 0.503 e. The Hall–Kier alpha value is -1.22. The Kier molecular flexibility index (Phi) is 1.88. The molecule has 0 saturated heterocycles. The molecule has 0 aliphatic heterocycles. The van der Waals surface area contributed by atoms with E-state index >= 15 is 0 Å². The lowest BCUT2D eigenvalue weighted by molar-refractivity contribution is 0.419. The van der Waals surface area contributed by atoms with Crippen LogP contribution in [0.4, 0.5) is 0 Å². The highest BCUT2D eigenvalue weighted by molar-refractivity contribution is 7.21. The number of hydrogen-bond acceptors (Lipinski definition) is 3. The molecule has 0 aliphatic carbocycles. The second kappa shape index (κ2) is 2.92. The van der Waals surface area contributed by atoms with Gasteiger partial charge in [-0.25, -0.2) is 0 Å². The van der Waals surface area contributed by atoms with Gasteiger partial charge in [0.25, 0.3) is 0 Å². The minimum atomic E-state index is 0.00954. The summed E-state index contributed by atoms with van der Waals surface area (Å²) in [5.41, 5.74) is 1.16. The number of aromatic hydroxyl groups is 2. The topological polar surface area (TPSA) is 40.5 Å². The Bertz CT molecular complexity index is 445. The van der Waals surface area contributed by atoms with Crippen LogP contribution in [0, 0.1) is 0 Å². The van der Waals surface area contributed by atoms with E-state index in [1.54, 1.807) is 0 Å². The van der Waals surface area contributed by atoms with E-state index < -0.39 is 0 Å². The number of rotatable bonds is 1. The molecule has 1 heterocycles. The maximum absolute atomic E-state index is 9.48. The molecule has 3 heteroatoms. The maximum Gasteiger partial charge on any atom is 0.215 e. The molecule has 0 spiro atoms. The van der Waals surface area contributed by atoms with Gasteiger partial charge in [0.05, 0.1) is 0 Å². The van der Waals surface area contributed by atoms with E-state index in [0.717, 1.165) is 22.1 Å². The number of fused-ring (bicyclic) bond motifs is 1. The molecule has 0 fully saturated rings. The summed E-state index contributed by atoms with van der Waals surface area (Å²) in [4.78, 5) is 0. The molecule has 0 aliphatic rings. The second-order valence-electron chi connectivity index (χ2n) is 2.90. The molecular weight excluding hydrogens is 184 g/mol. The van der Waals surface area contributed by atoms with Gasteiger partial charge in [-0.3, -0.25) is 0 Å². The fourth-order valence-corrected chi connectivity index (χ4v) is 2.45. The summed E-state index contributed by atoms with van der Waals surface area (Å²) < 4.78 is 0.986. The summed E-state index contributed by atoms with van der Waals surface area (Å²) >= 11 is 1.24. The first-order valence-electron chi connectivity index (χ1n) is 4.16. The fourth-order valence-electron chi connectivity index (χ4n) is 1.43. The molecule has 0 amide bonds. The first-order valence-corrected chi connectivity index (χ1v) is 4.98. The molecule has 2 N–H and O–H groups in total. The molecule has 2 rings (SSSR count). The fraction of sp³-hybridized carbons (Fsp3) is 0.200. The van der Waals surface area contributed by atoms with Gasteiger partial charge in [0, 0.05) is 10.1 Å². The van der Waals surface area contributed by atoms with Crippen LogP contribution in [0.1, 0.15) is 12.5 Å². The van der Waals surface area contributed by atoms with Crippen molar-refractivity contribution >= 4 is 21.4 Å². The minimum absolute atomic E-state index is 0.00954. The van der Waals surface area contributed by atoms with E-state index in [1.165, 1.54) is 11.3 Å². The molecular formula is C10H10O2S. The van der Waals surface area contributed by atoms with Crippen molar-refractivity contribution in [3.63, 3.8) is 0 Å². The summed E-state index contributed by atoms with van der Waals surface area (Å²) in [5.74, 6) is 0.00954. The molecule has 0 saturated carbocycles. The molecule has 0 atom stereocenters. The second-order valence-corrected chi connectivity index (χ2v) is 3.90. The number of aryl methyl sites for hydroxylation is 1. The van der Waals surface area contributed by atoms with Crippen LogP contribution >= 0.6 is 11.3 Å². The van der Waals surface area contributed by atoms with E-state index in [4.69, 9.17) is 0 Å². The Morgan fingerprint density at radius 3 is 2.77 bits per heavy atom. The third-order valence-electron chi connectivity index (χ3n) is 2.13. The van der Waals surface area contributed by atoms with Crippen molar-refractivity contribution in [2.75, 3.05) is 0 Å². The Morgan fingerprint density at radius 1 is 1.31 bits per heavy atom. The molecule has 1 aromatic heterocycles. The lowest BCUT2D eigenvalue weighted by Crippen LogP contribution is -1.77. The molecule has 13 heavy (non-hydrogen) atoms. The van der Waals surface area contributed by atoms with Crippen LogP contribution in [0.3, 0.4) is 0 Å². The number of benzene rings is 1. The van der Waals surface area contributed by atoms with Crippen LogP contribution in [-0.2, 0) is 6.42 Å². The smallest absolute Gasteiger partial charge is 0.215 e. The molecule has 2 aromatic rings. The van der Waals surface area contributed by atoms with Gasteiger partial charge in [-0.05, 0) is 18.1 Å². The van der Waals surface area contributed by atoms with E-state index in [9.17, 15) is 10.2 Å². The highest BCUT2D eigenvalue weighted by Gasteiger charge is 2.11. The van der Waals surface area contributed by atoms with Gasteiger partial charge in [0.1, 0.15) is 0 Å².